The lowest BCUT2D eigenvalue weighted by Crippen LogP contribution is -2.38. The largest absolute Gasteiger partial charge is 0.456 e. The number of nitrogens with zero attached hydrogens (tertiary/aromatic N) is 3. The number of carbonyl (C=O) groups excluding carboxylic acids is 1. The number of pyridine rings is 1. The maximum atomic E-state index is 13.9. The lowest BCUT2D eigenvalue weighted by Gasteiger charge is -2.12. The molecule has 8 nitrogen and oxygen atoms in total. The van der Waals surface area contributed by atoms with Gasteiger partial charge in [0, 0.05) is 26.4 Å². The van der Waals surface area contributed by atoms with Gasteiger partial charge in [0.05, 0.1) is 11.4 Å². The lowest BCUT2D eigenvalue weighted by molar-refractivity contribution is 0.0463. The molecule has 1 N–H and O–H groups in total. The monoisotopic (exact) mass is 384 g/mol. The molecule has 0 aliphatic rings. The minimum absolute atomic E-state index is 0.0830. The predicted octanol–water partition coefficient (Wildman–Crippen LogP) is 1.72. The van der Waals surface area contributed by atoms with Crippen molar-refractivity contribution in [1.29, 1.82) is 0 Å². The van der Waals surface area contributed by atoms with Crippen molar-refractivity contribution in [2.24, 2.45) is 14.1 Å². The van der Waals surface area contributed by atoms with Gasteiger partial charge < -0.3 is 10.1 Å². The van der Waals surface area contributed by atoms with E-state index in [9.17, 15) is 18.8 Å². The second-order valence-corrected chi connectivity index (χ2v) is 5.96. The topological polar surface area (TPSA) is 95.2 Å². The molecule has 0 unspecified atom stereocenters. The van der Waals surface area contributed by atoms with Crippen LogP contribution in [-0.2, 0) is 25.4 Å². The SMILES string of the molecule is Cn1c(COC(=O)c2cccnc2Nc2ccccc2F)cc(=O)n(C)c1=O. The summed E-state index contributed by atoms with van der Waals surface area (Å²) in [6.45, 7) is -0.283. The molecule has 144 valence electrons. The third kappa shape index (κ3) is 3.83. The van der Waals surface area contributed by atoms with E-state index >= 15 is 0 Å². The van der Waals surface area contributed by atoms with Gasteiger partial charge >= 0.3 is 11.7 Å². The minimum Gasteiger partial charge on any atom is -0.456 e. The van der Waals surface area contributed by atoms with E-state index in [-0.39, 0.29) is 29.4 Å². The van der Waals surface area contributed by atoms with Crippen molar-refractivity contribution < 1.29 is 13.9 Å². The van der Waals surface area contributed by atoms with E-state index < -0.39 is 23.0 Å². The fourth-order valence-corrected chi connectivity index (χ4v) is 2.49. The smallest absolute Gasteiger partial charge is 0.342 e. The highest BCUT2D eigenvalue weighted by molar-refractivity contribution is 5.95. The number of carbonyl (C=O) groups is 1. The van der Waals surface area contributed by atoms with Crippen LogP contribution in [0.1, 0.15) is 16.1 Å². The summed E-state index contributed by atoms with van der Waals surface area (Å²) in [5.74, 6) is -1.11. The number of anilines is 2. The van der Waals surface area contributed by atoms with Crippen LogP contribution in [-0.4, -0.2) is 20.1 Å². The van der Waals surface area contributed by atoms with Gasteiger partial charge in [-0.1, -0.05) is 12.1 Å². The van der Waals surface area contributed by atoms with Gasteiger partial charge in [-0.05, 0) is 24.3 Å². The van der Waals surface area contributed by atoms with Crippen LogP contribution in [0, 0.1) is 5.82 Å². The molecule has 0 aliphatic carbocycles. The van der Waals surface area contributed by atoms with Crippen LogP contribution in [0.15, 0.2) is 58.3 Å². The molecule has 2 heterocycles. The predicted molar refractivity (Wildman–Crippen MR) is 100.0 cm³/mol. The number of benzene rings is 1. The first-order valence-electron chi connectivity index (χ1n) is 8.28. The maximum absolute atomic E-state index is 13.9. The molecular weight excluding hydrogens is 367 g/mol. The van der Waals surface area contributed by atoms with Gasteiger partial charge in [-0.15, -0.1) is 0 Å². The zero-order valence-electron chi connectivity index (χ0n) is 15.2. The molecule has 0 fully saturated rings. The number of rotatable bonds is 5. The number of ether oxygens (including phenoxy) is 1. The van der Waals surface area contributed by atoms with Crippen LogP contribution in [0.2, 0.25) is 0 Å². The van der Waals surface area contributed by atoms with Crippen molar-refractivity contribution in [2.45, 2.75) is 6.61 Å². The average Bonchev–Trinajstić information content (AvgIpc) is 2.70. The first-order valence-corrected chi connectivity index (χ1v) is 8.28. The van der Waals surface area contributed by atoms with Crippen LogP contribution in [0.25, 0.3) is 0 Å². The van der Waals surface area contributed by atoms with E-state index in [0.29, 0.717) is 0 Å². The first-order chi connectivity index (χ1) is 13.4. The molecule has 1 aromatic carbocycles. The Morgan fingerprint density at radius 2 is 1.89 bits per heavy atom. The molecule has 28 heavy (non-hydrogen) atoms. The minimum atomic E-state index is -0.736. The second kappa shape index (κ2) is 7.87. The molecule has 3 aromatic rings. The zero-order valence-corrected chi connectivity index (χ0v) is 15.2. The second-order valence-electron chi connectivity index (χ2n) is 5.96. The Balaban J connectivity index is 1.82. The summed E-state index contributed by atoms with van der Waals surface area (Å²) in [6, 6.07) is 10.2. The number of nitrogens with one attached hydrogen (secondary N) is 1. The van der Waals surface area contributed by atoms with Crippen molar-refractivity contribution in [1.82, 2.24) is 14.1 Å². The molecule has 0 bridgehead atoms. The molecule has 0 saturated heterocycles. The Hall–Kier alpha value is -3.75. The van der Waals surface area contributed by atoms with Gasteiger partial charge in [0.1, 0.15) is 23.8 Å². The number of esters is 1. The normalized spacial score (nSPS) is 10.5. The van der Waals surface area contributed by atoms with E-state index in [1.54, 1.807) is 12.1 Å². The zero-order chi connectivity index (χ0) is 20.3. The Morgan fingerprint density at radius 3 is 2.64 bits per heavy atom. The molecule has 2 aromatic heterocycles. The maximum Gasteiger partial charge on any atom is 0.342 e. The summed E-state index contributed by atoms with van der Waals surface area (Å²) in [5, 5.41) is 2.76. The molecule has 0 amide bonds. The Kier molecular flexibility index (Phi) is 5.35. The molecule has 9 heteroatoms. The van der Waals surface area contributed by atoms with Crippen molar-refractivity contribution in [3.63, 3.8) is 0 Å². The standard InChI is InChI=1S/C19H17FN4O4/c1-23-12(10-16(25)24(2)19(23)27)11-28-18(26)13-6-5-9-21-17(13)22-15-8-4-3-7-14(15)20/h3-10H,11H2,1-2H3,(H,21,22). The Morgan fingerprint density at radius 1 is 1.14 bits per heavy atom. The van der Waals surface area contributed by atoms with Crippen LogP contribution in [0.5, 0.6) is 0 Å². The molecule has 0 saturated carbocycles. The Bertz CT molecular complexity index is 1150. The van der Waals surface area contributed by atoms with Crippen LogP contribution in [0.4, 0.5) is 15.9 Å². The van der Waals surface area contributed by atoms with Gasteiger partial charge in [-0.3, -0.25) is 13.9 Å². The van der Waals surface area contributed by atoms with E-state index in [2.05, 4.69) is 10.3 Å². The summed E-state index contributed by atoms with van der Waals surface area (Å²) < 4.78 is 21.3. The third-order valence-corrected chi connectivity index (χ3v) is 4.13. The van der Waals surface area contributed by atoms with Crippen LogP contribution >= 0.6 is 0 Å². The average molecular weight is 384 g/mol. The molecule has 3 rings (SSSR count). The molecule has 0 spiro atoms. The highest BCUT2D eigenvalue weighted by atomic mass is 19.1. The molecule has 0 atom stereocenters. The summed E-state index contributed by atoms with van der Waals surface area (Å²) in [5.41, 5.74) is -0.544. The molecular formula is C19H17FN4O4. The summed E-state index contributed by atoms with van der Waals surface area (Å²) in [4.78, 5) is 40.3. The fraction of sp³-hybridized carbons (Fsp3) is 0.158. The fourth-order valence-electron chi connectivity index (χ4n) is 2.49. The number of para-hydroxylation sites is 1. The van der Waals surface area contributed by atoms with Gasteiger partial charge in [-0.25, -0.2) is 19.0 Å². The van der Waals surface area contributed by atoms with Crippen molar-refractivity contribution in [2.75, 3.05) is 5.32 Å². The highest BCUT2D eigenvalue weighted by Crippen LogP contribution is 2.21. The summed E-state index contributed by atoms with van der Waals surface area (Å²) in [6.07, 6.45) is 1.45. The van der Waals surface area contributed by atoms with Crippen LogP contribution < -0.4 is 16.6 Å². The van der Waals surface area contributed by atoms with Gasteiger partial charge in [0.25, 0.3) is 5.56 Å². The number of hydrogen-bond acceptors (Lipinski definition) is 6. The molecule has 0 radical (unpaired) electrons. The van der Waals surface area contributed by atoms with Crippen molar-refractivity contribution >= 4 is 17.5 Å². The van der Waals surface area contributed by atoms with Crippen molar-refractivity contribution in [3.8, 4) is 0 Å². The lowest BCUT2D eigenvalue weighted by atomic mass is 10.2. The number of aromatic nitrogens is 3. The first kappa shape index (κ1) is 19.0. The third-order valence-electron chi connectivity index (χ3n) is 4.13. The van der Waals surface area contributed by atoms with Gasteiger partial charge in [0.15, 0.2) is 0 Å². The highest BCUT2D eigenvalue weighted by Gasteiger charge is 2.16. The van der Waals surface area contributed by atoms with Crippen LogP contribution in [0.3, 0.4) is 0 Å². The van der Waals surface area contributed by atoms with Gasteiger partial charge in [-0.2, -0.15) is 0 Å². The number of halogens is 1. The van der Waals surface area contributed by atoms with E-state index in [1.165, 1.54) is 55.2 Å². The quantitative estimate of drug-likeness (QED) is 0.673. The summed E-state index contributed by atoms with van der Waals surface area (Å²) >= 11 is 0. The van der Waals surface area contributed by atoms with Gasteiger partial charge in [0.2, 0.25) is 0 Å². The summed E-state index contributed by atoms with van der Waals surface area (Å²) in [7, 11) is 2.83. The number of hydrogen-bond donors (Lipinski definition) is 1. The van der Waals surface area contributed by atoms with E-state index in [4.69, 9.17) is 4.74 Å². The van der Waals surface area contributed by atoms with Crippen molar-refractivity contribution in [3.05, 3.63) is 86.6 Å². The van der Waals surface area contributed by atoms with E-state index in [1.807, 2.05) is 0 Å². The van der Waals surface area contributed by atoms with E-state index in [0.717, 1.165) is 4.57 Å². The Labute approximate surface area is 158 Å². The molecule has 0 aliphatic heterocycles.